The third kappa shape index (κ3) is 2.49. The molecule has 6 heteroatoms. The van der Waals surface area contributed by atoms with Gasteiger partial charge in [0.25, 0.3) is 0 Å². The van der Waals surface area contributed by atoms with Crippen LogP contribution in [0, 0.1) is 12.8 Å². The van der Waals surface area contributed by atoms with E-state index in [0.29, 0.717) is 17.4 Å². The molecular weight excluding hydrogens is 262 g/mol. The summed E-state index contributed by atoms with van der Waals surface area (Å²) in [6.07, 6.45) is 4.25. The first-order valence-electron chi connectivity index (χ1n) is 6.55. The monoisotopic (exact) mass is 279 g/mol. The normalized spacial score (nSPS) is 19.8. The minimum Gasteiger partial charge on any atom is -0.286 e. The third-order valence-electron chi connectivity index (χ3n) is 3.85. The molecule has 0 bridgehead atoms. The Bertz CT molecular complexity index is 692. The Balaban J connectivity index is 1.81. The van der Waals surface area contributed by atoms with Gasteiger partial charge in [-0.1, -0.05) is 6.07 Å². The number of sulfone groups is 1. The van der Waals surface area contributed by atoms with Crippen molar-refractivity contribution >= 4 is 15.5 Å². The SMILES string of the molecule is Cc1cccn2c(CC3CCS(=O)(=O)CC3)nnc12. The zero-order valence-corrected chi connectivity index (χ0v) is 11.7. The molecule has 0 spiro atoms. The number of hydrogen-bond donors (Lipinski definition) is 0. The van der Waals surface area contributed by atoms with E-state index in [4.69, 9.17) is 0 Å². The van der Waals surface area contributed by atoms with Crippen molar-refractivity contribution in [1.82, 2.24) is 14.6 Å². The topological polar surface area (TPSA) is 64.3 Å². The summed E-state index contributed by atoms with van der Waals surface area (Å²) < 4.78 is 24.9. The summed E-state index contributed by atoms with van der Waals surface area (Å²) in [5, 5.41) is 8.46. The standard InChI is InChI=1S/C13H17N3O2S/c1-10-3-2-6-16-12(14-15-13(10)16)9-11-4-7-19(17,18)8-5-11/h2-3,6,11H,4-5,7-9H2,1H3. The molecule has 3 rings (SSSR count). The van der Waals surface area contributed by atoms with Crippen LogP contribution in [0.4, 0.5) is 0 Å². The number of pyridine rings is 1. The largest absolute Gasteiger partial charge is 0.286 e. The zero-order chi connectivity index (χ0) is 13.5. The second-order valence-electron chi connectivity index (χ2n) is 5.30. The van der Waals surface area contributed by atoms with E-state index < -0.39 is 9.84 Å². The molecule has 0 radical (unpaired) electrons. The Labute approximate surface area is 112 Å². The van der Waals surface area contributed by atoms with E-state index >= 15 is 0 Å². The van der Waals surface area contributed by atoms with Crippen LogP contribution in [0.2, 0.25) is 0 Å². The minimum atomic E-state index is -2.79. The maximum atomic E-state index is 11.4. The summed E-state index contributed by atoms with van der Waals surface area (Å²) >= 11 is 0. The minimum absolute atomic E-state index is 0.313. The highest BCUT2D eigenvalue weighted by Crippen LogP contribution is 2.22. The Kier molecular flexibility index (Phi) is 3.05. The number of hydrogen-bond acceptors (Lipinski definition) is 4. The molecule has 0 unspecified atom stereocenters. The summed E-state index contributed by atoms with van der Waals surface area (Å²) in [5.74, 6) is 1.96. The van der Waals surface area contributed by atoms with Gasteiger partial charge in [-0.05, 0) is 37.3 Å². The van der Waals surface area contributed by atoms with E-state index in [-0.39, 0.29) is 0 Å². The third-order valence-corrected chi connectivity index (χ3v) is 5.56. The lowest BCUT2D eigenvalue weighted by atomic mass is 9.98. The average Bonchev–Trinajstić information content (AvgIpc) is 2.77. The number of nitrogens with zero attached hydrogens (tertiary/aromatic N) is 3. The van der Waals surface area contributed by atoms with Crippen molar-refractivity contribution in [2.75, 3.05) is 11.5 Å². The first-order chi connectivity index (χ1) is 9.05. The van der Waals surface area contributed by atoms with Gasteiger partial charge < -0.3 is 0 Å². The van der Waals surface area contributed by atoms with Gasteiger partial charge in [-0.25, -0.2) is 8.42 Å². The highest BCUT2D eigenvalue weighted by Gasteiger charge is 2.25. The molecule has 3 heterocycles. The summed E-state index contributed by atoms with van der Waals surface area (Å²) in [5.41, 5.74) is 1.99. The fourth-order valence-corrected chi connectivity index (χ4v) is 4.23. The van der Waals surface area contributed by atoms with Crippen molar-refractivity contribution in [2.45, 2.75) is 26.2 Å². The molecular formula is C13H17N3O2S. The van der Waals surface area contributed by atoms with Gasteiger partial charge in [-0.3, -0.25) is 4.40 Å². The molecule has 1 fully saturated rings. The fraction of sp³-hybridized carbons (Fsp3) is 0.538. The molecule has 5 nitrogen and oxygen atoms in total. The van der Waals surface area contributed by atoms with Gasteiger partial charge in [-0.2, -0.15) is 0 Å². The Morgan fingerprint density at radius 2 is 2.05 bits per heavy atom. The van der Waals surface area contributed by atoms with Gasteiger partial charge in [0, 0.05) is 12.6 Å². The van der Waals surface area contributed by atoms with Crippen molar-refractivity contribution in [3.63, 3.8) is 0 Å². The number of rotatable bonds is 2. The lowest BCUT2D eigenvalue weighted by Gasteiger charge is -2.20. The number of aromatic nitrogens is 3. The van der Waals surface area contributed by atoms with E-state index in [9.17, 15) is 8.42 Å². The molecule has 19 heavy (non-hydrogen) atoms. The van der Waals surface area contributed by atoms with Gasteiger partial charge in [-0.15, -0.1) is 10.2 Å². The molecule has 0 aromatic carbocycles. The first-order valence-corrected chi connectivity index (χ1v) is 8.37. The second-order valence-corrected chi connectivity index (χ2v) is 7.60. The van der Waals surface area contributed by atoms with Crippen LogP contribution in [0.5, 0.6) is 0 Å². The molecule has 1 saturated heterocycles. The van der Waals surface area contributed by atoms with Crippen molar-refractivity contribution < 1.29 is 8.42 Å². The van der Waals surface area contributed by atoms with Gasteiger partial charge in [0.15, 0.2) is 5.65 Å². The molecule has 0 atom stereocenters. The van der Waals surface area contributed by atoms with Gasteiger partial charge >= 0.3 is 0 Å². The molecule has 1 aliphatic rings. The Hall–Kier alpha value is -1.43. The summed E-state index contributed by atoms with van der Waals surface area (Å²) in [7, 11) is -2.79. The van der Waals surface area contributed by atoms with Crippen molar-refractivity contribution in [2.24, 2.45) is 5.92 Å². The number of fused-ring (bicyclic) bond motifs is 1. The van der Waals surface area contributed by atoms with Crippen molar-refractivity contribution in [1.29, 1.82) is 0 Å². The lowest BCUT2D eigenvalue weighted by molar-refractivity contribution is 0.452. The lowest BCUT2D eigenvalue weighted by Crippen LogP contribution is -2.25. The summed E-state index contributed by atoms with van der Waals surface area (Å²) in [4.78, 5) is 0. The van der Waals surface area contributed by atoms with E-state index in [0.717, 1.165) is 36.3 Å². The maximum Gasteiger partial charge on any atom is 0.163 e. The molecule has 1 aliphatic heterocycles. The summed E-state index contributed by atoms with van der Waals surface area (Å²) in [6, 6.07) is 4.00. The Morgan fingerprint density at radius 3 is 2.79 bits per heavy atom. The number of aryl methyl sites for hydroxylation is 1. The molecule has 0 amide bonds. The Morgan fingerprint density at radius 1 is 1.32 bits per heavy atom. The van der Waals surface area contributed by atoms with Crippen LogP contribution in [-0.2, 0) is 16.3 Å². The van der Waals surface area contributed by atoms with Crippen LogP contribution < -0.4 is 0 Å². The smallest absolute Gasteiger partial charge is 0.163 e. The van der Waals surface area contributed by atoms with Gasteiger partial charge in [0.05, 0.1) is 11.5 Å². The van der Waals surface area contributed by atoms with E-state index in [1.807, 2.05) is 29.7 Å². The van der Waals surface area contributed by atoms with Crippen LogP contribution in [0.15, 0.2) is 18.3 Å². The first kappa shape index (κ1) is 12.6. The summed E-state index contributed by atoms with van der Waals surface area (Å²) in [6.45, 7) is 2.01. The fourth-order valence-electron chi connectivity index (χ4n) is 2.64. The van der Waals surface area contributed by atoms with Crippen LogP contribution in [0.3, 0.4) is 0 Å². The van der Waals surface area contributed by atoms with Crippen molar-refractivity contribution in [3.8, 4) is 0 Å². The zero-order valence-electron chi connectivity index (χ0n) is 10.9. The molecule has 2 aromatic rings. The van der Waals surface area contributed by atoms with Crippen LogP contribution in [0.25, 0.3) is 5.65 Å². The van der Waals surface area contributed by atoms with Crippen LogP contribution in [0.1, 0.15) is 24.2 Å². The molecule has 0 saturated carbocycles. The van der Waals surface area contributed by atoms with Crippen molar-refractivity contribution in [3.05, 3.63) is 29.7 Å². The van der Waals surface area contributed by atoms with E-state index in [1.54, 1.807) is 0 Å². The maximum absolute atomic E-state index is 11.4. The van der Waals surface area contributed by atoms with E-state index in [2.05, 4.69) is 10.2 Å². The predicted molar refractivity (Wildman–Crippen MR) is 72.8 cm³/mol. The van der Waals surface area contributed by atoms with Crippen LogP contribution >= 0.6 is 0 Å². The van der Waals surface area contributed by atoms with Gasteiger partial charge in [0.2, 0.25) is 0 Å². The average molecular weight is 279 g/mol. The van der Waals surface area contributed by atoms with Crippen LogP contribution in [-0.4, -0.2) is 34.5 Å². The van der Waals surface area contributed by atoms with E-state index in [1.165, 1.54) is 0 Å². The quantitative estimate of drug-likeness (QED) is 0.833. The molecule has 102 valence electrons. The molecule has 2 aromatic heterocycles. The van der Waals surface area contributed by atoms with Gasteiger partial charge in [0.1, 0.15) is 15.7 Å². The highest BCUT2D eigenvalue weighted by molar-refractivity contribution is 7.91. The molecule has 0 N–H and O–H groups in total. The molecule has 0 aliphatic carbocycles. The highest BCUT2D eigenvalue weighted by atomic mass is 32.2. The second kappa shape index (κ2) is 4.59. The predicted octanol–water partition coefficient (Wildman–Crippen LogP) is 1.41.